The Balaban J connectivity index is 0.00000240. The molecule has 4 rings (SSSR count). The van der Waals surface area contributed by atoms with E-state index in [0.717, 1.165) is 66.8 Å². The molecular formula is C23H32ClN3O2. The predicted molar refractivity (Wildman–Crippen MR) is 119 cm³/mol. The van der Waals surface area contributed by atoms with Crippen molar-refractivity contribution in [2.45, 2.75) is 45.6 Å². The van der Waals surface area contributed by atoms with Crippen LogP contribution in [-0.2, 0) is 0 Å². The summed E-state index contributed by atoms with van der Waals surface area (Å²) in [6.07, 6.45) is 4.87. The minimum atomic E-state index is 0. The highest BCUT2D eigenvalue weighted by Crippen LogP contribution is 2.28. The van der Waals surface area contributed by atoms with Crippen LogP contribution in [0.1, 0.15) is 47.4 Å². The molecule has 0 unspecified atom stereocenters. The molecule has 0 bridgehead atoms. The van der Waals surface area contributed by atoms with Crippen LogP contribution in [0, 0.1) is 19.8 Å². The number of hydrogen-bond acceptors (Lipinski definition) is 3. The fraction of sp³-hybridized carbons (Fsp3) is 0.522. The SMILES string of the molecule is COc1ccc(-n2c(C)cc(C(=O)N3CCC(NCC4CC4)CC3)c2C)cc1.Cl. The number of aryl methyl sites for hydroxylation is 1. The molecule has 158 valence electrons. The topological polar surface area (TPSA) is 46.5 Å². The van der Waals surface area contributed by atoms with E-state index in [1.54, 1.807) is 7.11 Å². The fourth-order valence-corrected chi connectivity index (χ4v) is 4.22. The zero-order chi connectivity index (χ0) is 19.7. The van der Waals surface area contributed by atoms with Crippen molar-refractivity contribution >= 4 is 18.3 Å². The highest BCUT2D eigenvalue weighted by atomic mass is 35.5. The summed E-state index contributed by atoms with van der Waals surface area (Å²) >= 11 is 0. The largest absolute Gasteiger partial charge is 0.497 e. The van der Waals surface area contributed by atoms with E-state index in [1.165, 1.54) is 12.8 Å². The summed E-state index contributed by atoms with van der Waals surface area (Å²) in [4.78, 5) is 15.2. The second kappa shape index (κ2) is 9.23. The van der Waals surface area contributed by atoms with Crippen molar-refractivity contribution in [1.82, 2.24) is 14.8 Å². The maximum absolute atomic E-state index is 13.2. The second-order valence-corrected chi connectivity index (χ2v) is 8.24. The van der Waals surface area contributed by atoms with Crippen LogP contribution >= 0.6 is 12.4 Å². The normalized spacial score (nSPS) is 17.1. The van der Waals surface area contributed by atoms with E-state index in [9.17, 15) is 4.79 Å². The molecule has 0 spiro atoms. The average molecular weight is 418 g/mol. The maximum Gasteiger partial charge on any atom is 0.255 e. The molecule has 2 aliphatic rings. The van der Waals surface area contributed by atoms with Crippen LogP contribution in [-0.4, -0.2) is 48.2 Å². The number of amides is 1. The van der Waals surface area contributed by atoms with Gasteiger partial charge in [0.15, 0.2) is 0 Å². The number of carbonyl (C=O) groups excluding carboxylic acids is 1. The number of likely N-dealkylation sites (tertiary alicyclic amines) is 1. The fourth-order valence-electron chi connectivity index (χ4n) is 4.22. The summed E-state index contributed by atoms with van der Waals surface area (Å²) in [6.45, 7) is 6.93. The number of nitrogens with zero attached hydrogens (tertiary/aromatic N) is 2. The van der Waals surface area contributed by atoms with Crippen LogP contribution in [0.3, 0.4) is 0 Å². The monoisotopic (exact) mass is 417 g/mol. The van der Waals surface area contributed by atoms with E-state index in [-0.39, 0.29) is 18.3 Å². The van der Waals surface area contributed by atoms with E-state index in [1.807, 2.05) is 42.2 Å². The lowest BCUT2D eigenvalue weighted by atomic mass is 10.0. The molecule has 1 amide bonds. The number of benzene rings is 1. The zero-order valence-electron chi connectivity index (χ0n) is 17.6. The van der Waals surface area contributed by atoms with Crippen LogP contribution < -0.4 is 10.1 Å². The Kier molecular flexibility index (Phi) is 6.91. The Morgan fingerprint density at radius 2 is 1.76 bits per heavy atom. The molecule has 5 nitrogen and oxygen atoms in total. The van der Waals surface area contributed by atoms with E-state index < -0.39 is 0 Å². The van der Waals surface area contributed by atoms with E-state index >= 15 is 0 Å². The Morgan fingerprint density at radius 1 is 1.10 bits per heavy atom. The molecule has 1 N–H and O–H groups in total. The molecule has 29 heavy (non-hydrogen) atoms. The average Bonchev–Trinajstić information content (AvgIpc) is 3.50. The van der Waals surface area contributed by atoms with E-state index in [4.69, 9.17) is 4.74 Å². The molecule has 1 saturated heterocycles. The number of rotatable bonds is 6. The number of carbonyl (C=O) groups is 1. The van der Waals surface area contributed by atoms with Gasteiger partial charge in [-0.3, -0.25) is 4.79 Å². The summed E-state index contributed by atoms with van der Waals surface area (Å²) in [7, 11) is 1.67. The summed E-state index contributed by atoms with van der Waals surface area (Å²) in [6, 6.07) is 10.6. The number of hydrogen-bond donors (Lipinski definition) is 1. The van der Waals surface area contributed by atoms with Gasteiger partial charge in [0.05, 0.1) is 12.7 Å². The van der Waals surface area contributed by atoms with Gasteiger partial charge in [-0.2, -0.15) is 0 Å². The van der Waals surface area contributed by atoms with Gasteiger partial charge in [0.2, 0.25) is 0 Å². The van der Waals surface area contributed by atoms with Crippen molar-refractivity contribution < 1.29 is 9.53 Å². The van der Waals surface area contributed by atoms with Gasteiger partial charge in [0, 0.05) is 36.2 Å². The molecular weight excluding hydrogens is 386 g/mol. The van der Waals surface area contributed by atoms with Crippen molar-refractivity contribution in [3.8, 4) is 11.4 Å². The zero-order valence-corrected chi connectivity index (χ0v) is 18.4. The third kappa shape index (κ3) is 4.78. The first-order chi connectivity index (χ1) is 13.6. The first-order valence-corrected chi connectivity index (χ1v) is 10.4. The maximum atomic E-state index is 13.2. The van der Waals surface area contributed by atoms with Gasteiger partial charge in [-0.15, -0.1) is 12.4 Å². The molecule has 0 radical (unpaired) electrons. The van der Waals surface area contributed by atoms with Gasteiger partial charge >= 0.3 is 0 Å². The standard InChI is InChI=1S/C23H31N3O2.ClH/c1-16-14-22(17(2)26(16)20-6-8-21(28-3)9-7-20)23(27)25-12-10-19(11-13-25)24-15-18-4-5-18;/h6-9,14,18-19,24H,4-5,10-13,15H2,1-3H3;1H. The smallest absolute Gasteiger partial charge is 0.255 e. The van der Waals surface area contributed by atoms with Crippen molar-refractivity contribution in [3.05, 3.63) is 47.3 Å². The van der Waals surface area contributed by atoms with E-state index in [2.05, 4.69) is 16.8 Å². The highest BCUT2D eigenvalue weighted by Gasteiger charge is 2.28. The number of piperidine rings is 1. The van der Waals surface area contributed by atoms with E-state index in [0.29, 0.717) is 6.04 Å². The van der Waals surface area contributed by atoms with Gasteiger partial charge < -0.3 is 19.5 Å². The Hall–Kier alpha value is -1.98. The Labute approximate surface area is 179 Å². The predicted octanol–water partition coefficient (Wildman–Crippen LogP) is 4.13. The molecule has 2 heterocycles. The molecule has 6 heteroatoms. The lowest BCUT2D eigenvalue weighted by Gasteiger charge is -2.32. The van der Waals surface area contributed by atoms with Gasteiger partial charge in [0.25, 0.3) is 5.91 Å². The van der Waals surface area contributed by atoms with Gasteiger partial charge in [-0.1, -0.05) is 0 Å². The Morgan fingerprint density at radius 3 is 2.34 bits per heavy atom. The molecule has 1 aromatic carbocycles. The van der Waals surface area contributed by atoms with Crippen LogP contribution in [0.2, 0.25) is 0 Å². The minimum absolute atomic E-state index is 0. The second-order valence-electron chi connectivity index (χ2n) is 8.24. The summed E-state index contributed by atoms with van der Waals surface area (Å²) in [5, 5.41) is 3.69. The number of aromatic nitrogens is 1. The number of halogens is 1. The van der Waals surface area contributed by atoms with Crippen LogP contribution in [0.25, 0.3) is 5.69 Å². The van der Waals surface area contributed by atoms with Gasteiger partial charge in [-0.05, 0) is 82.3 Å². The van der Waals surface area contributed by atoms with Crippen LogP contribution in [0.15, 0.2) is 30.3 Å². The summed E-state index contributed by atoms with van der Waals surface area (Å²) < 4.78 is 7.40. The molecule has 0 atom stereocenters. The van der Waals surface area contributed by atoms with Gasteiger partial charge in [-0.25, -0.2) is 0 Å². The molecule has 2 fully saturated rings. The third-order valence-electron chi connectivity index (χ3n) is 6.17. The van der Waals surface area contributed by atoms with Crippen molar-refractivity contribution in [3.63, 3.8) is 0 Å². The third-order valence-corrected chi connectivity index (χ3v) is 6.17. The summed E-state index contributed by atoms with van der Waals surface area (Å²) in [5.41, 5.74) is 3.95. The van der Waals surface area contributed by atoms with Crippen molar-refractivity contribution in [2.24, 2.45) is 5.92 Å². The molecule has 1 aliphatic heterocycles. The van der Waals surface area contributed by atoms with Gasteiger partial charge in [0.1, 0.15) is 5.75 Å². The van der Waals surface area contributed by atoms with Crippen LogP contribution in [0.5, 0.6) is 5.75 Å². The van der Waals surface area contributed by atoms with Crippen molar-refractivity contribution in [1.29, 1.82) is 0 Å². The molecule has 1 saturated carbocycles. The number of ether oxygens (including phenoxy) is 1. The lowest BCUT2D eigenvalue weighted by molar-refractivity contribution is 0.0704. The van der Waals surface area contributed by atoms with Crippen LogP contribution in [0.4, 0.5) is 0 Å². The molecule has 1 aromatic heterocycles. The molecule has 2 aromatic rings. The highest BCUT2D eigenvalue weighted by molar-refractivity contribution is 5.96. The number of nitrogens with one attached hydrogen (secondary N) is 1. The summed E-state index contributed by atoms with van der Waals surface area (Å²) in [5.74, 6) is 1.90. The first-order valence-electron chi connectivity index (χ1n) is 10.4. The minimum Gasteiger partial charge on any atom is -0.497 e. The lowest BCUT2D eigenvalue weighted by Crippen LogP contribution is -2.45. The van der Waals surface area contributed by atoms with Crippen molar-refractivity contribution in [2.75, 3.05) is 26.7 Å². The first kappa shape index (κ1) is 21.7. The quantitative estimate of drug-likeness (QED) is 0.768. The number of methoxy groups -OCH3 is 1. The Bertz CT molecular complexity index is 835. The molecule has 1 aliphatic carbocycles.